The molecule has 1 N–H and O–H groups in total. The van der Waals surface area contributed by atoms with Crippen LogP contribution in [0.15, 0.2) is 22.8 Å². The van der Waals surface area contributed by atoms with Gasteiger partial charge in [-0.05, 0) is 44.9 Å². The molecule has 1 atom stereocenters. The summed E-state index contributed by atoms with van der Waals surface area (Å²) in [7, 11) is 0. The van der Waals surface area contributed by atoms with Crippen LogP contribution >= 0.6 is 0 Å². The SMILES string of the molecule is Cc1nn(CCC#N)c(C)c1CCC(=O)NC(C)c1ccco1. The Morgan fingerprint density at radius 1 is 1.52 bits per heavy atom. The van der Waals surface area contributed by atoms with Crippen LogP contribution in [0, 0.1) is 25.2 Å². The fourth-order valence-electron chi connectivity index (χ4n) is 2.63. The van der Waals surface area contributed by atoms with E-state index in [-0.39, 0.29) is 11.9 Å². The molecule has 0 aromatic carbocycles. The molecule has 0 aliphatic heterocycles. The molecule has 0 radical (unpaired) electrons. The minimum atomic E-state index is -0.141. The van der Waals surface area contributed by atoms with E-state index in [0.717, 1.165) is 22.7 Å². The summed E-state index contributed by atoms with van der Waals surface area (Å²) in [4.78, 5) is 12.1. The quantitative estimate of drug-likeness (QED) is 0.851. The number of hydrogen-bond acceptors (Lipinski definition) is 4. The fourth-order valence-corrected chi connectivity index (χ4v) is 2.63. The zero-order valence-corrected chi connectivity index (χ0v) is 13.8. The van der Waals surface area contributed by atoms with E-state index >= 15 is 0 Å². The van der Waals surface area contributed by atoms with E-state index in [1.807, 2.05) is 31.5 Å². The predicted molar refractivity (Wildman–Crippen MR) is 85.5 cm³/mol. The highest BCUT2D eigenvalue weighted by Gasteiger charge is 2.15. The molecule has 0 aliphatic carbocycles. The minimum absolute atomic E-state index is 0.0162. The molecule has 2 aromatic heterocycles. The van der Waals surface area contributed by atoms with Crippen molar-refractivity contribution >= 4 is 5.91 Å². The Morgan fingerprint density at radius 2 is 2.30 bits per heavy atom. The van der Waals surface area contributed by atoms with Crippen LogP contribution in [0.5, 0.6) is 0 Å². The number of furan rings is 1. The number of nitrogens with zero attached hydrogens (tertiary/aromatic N) is 3. The molecule has 6 heteroatoms. The van der Waals surface area contributed by atoms with Gasteiger partial charge in [-0.2, -0.15) is 10.4 Å². The van der Waals surface area contributed by atoms with Gasteiger partial charge in [0, 0.05) is 12.1 Å². The van der Waals surface area contributed by atoms with Crippen LogP contribution in [0.3, 0.4) is 0 Å². The number of hydrogen-bond donors (Lipinski definition) is 1. The van der Waals surface area contributed by atoms with Gasteiger partial charge in [0.2, 0.25) is 5.91 Å². The number of carbonyl (C=O) groups excluding carboxylic acids is 1. The van der Waals surface area contributed by atoms with Gasteiger partial charge in [0.05, 0.1) is 37.0 Å². The first-order valence-electron chi connectivity index (χ1n) is 7.75. The average Bonchev–Trinajstić information content (AvgIpc) is 3.13. The van der Waals surface area contributed by atoms with Crippen molar-refractivity contribution in [2.45, 2.75) is 52.6 Å². The van der Waals surface area contributed by atoms with Crippen molar-refractivity contribution in [2.75, 3.05) is 0 Å². The molecule has 2 rings (SSSR count). The summed E-state index contributed by atoms with van der Waals surface area (Å²) in [5, 5.41) is 16.1. The van der Waals surface area contributed by atoms with Gasteiger partial charge in [-0.3, -0.25) is 9.48 Å². The van der Waals surface area contributed by atoms with Gasteiger partial charge in [-0.1, -0.05) is 0 Å². The van der Waals surface area contributed by atoms with Gasteiger partial charge >= 0.3 is 0 Å². The van der Waals surface area contributed by atoms with E-state index in [2.05, 4.69) is 16.5 Å². The van der Waals surface area contributed by atoms with Gasteiger partial charge in [0.15, 0.2) is 0 Å². The first kappa shape index (κ1) is 16.8. The minimum Gasteiger partial charge on any atom is -0.467 e. The molecule has 23 heavy (non-hydrogen) atoms. The lowest BCUT2D eigenvalue weighted by Gasteiger charge is -2.11. The van der Waals surface area contributed by atoms with Crippen LogP contribution in [0.25, 0.3) is 0 Å². The molecule has 1 amide bonds. The van der Waals surface area contributed by atoms with Crippen molar-refractivity contribution in [3.05, 3.63) is 41.1 Å². The summed E-state index contributed by atoms with van der Waals surface area (Å²) < 4.78 is 7.13. The summed E-state index contributed by atoms with van der Waals surface area (Å²) in [5.74, 6) is 0.729. The maximum absolute atomic E-state index is 12.1. The smallest absolute Gasteiger partial charge is 0.220 e. The molecule has 6 nitrogen and oxygen atoms in total. The van der Waals surface area contributed by atoms with E-state index in [9.17, 15) is 4.79 Å². The normalized spacial score (nSPS) is 11.9. The molecule has 2 aromatic rings. The summed E-state index contributed by atoms with van der Waals surface area (Å²) >= 11 is 0. The Morgan fingerprint density at radius 3 is 2.96 bits per heavy atom. The van der Waals surface area contributed by atoms with Crippen molar-refractivity contribution in [1.29, 1.82) is 5.26 Å². The molecule has 0 saturated carbocycles. The maximum Gasteiger partial charge on any atom is 0.220 e. The van der Waals surface area contributed by atoms with Crippen molar-refractivity contribution in [1.82, 2.24) is 15.1 Å². The fraction of sp³-hybridized carbons (Fsp3) is 0.471. The standard InChI is InChI=1S/C17H22N4O2/c1-12-15(14(3)21(20-12)10-5-9-18)7-8-17(22)19-13(2)16-6-4-11-23-16/h4,6,11,13H,5,7-8,10H2,1-3H3,(H,19,22). The van der Waals surface area contributed by atoms with Gasteiger partial charge in [0.25, 0.3) is 0 Å². The molecular formula is C17H22N4O2. The van der Waals surface area contributed by atoms with Crippen LogP contribution in [0.1, 0.15) is 48.5 Å². The lowest BCUT2D eigenvalue weighted by molar-refractivity contribution is -0.121. The number of rotatable bonds is 7. The molecule has 0 spiro atoms. The first-order valence-corrected chi connectivity index (χ1v) is 7.75. The van der Waals surface area contributed by atoms with Crippen molar-refractivity contribution in [3.8, 4) is 6.07 Å². The van der Waals surface area contributed by atoms with Crippen LogP contribution in [-0.4, -0.2) is 15.7 Å². The summed E-state index contributed by atoms with van der Waals surface area (Å²) in [6.45, 7) is 6.41. The number of amides is 1. The van der Waals surface area contributed by atoms with Crippen LogP contribution in [-0.2, 0) is 17.8 Å². The maximum atomic E-state index is 12.1. The first-order chi connectivity index (χ1) is 11.0. The second-order valence-electron chi connectivity index (χ2n) is 5.59. The van der Waals surface area contributed by atoms with Crippen LogP contribution < -0.4 is 5.32 Å². The molecular weight excluding hydrogens is 292 g/mol. The van der Waals surface area contributed by atoms with Crippen LogP contribution in [0.4, 0.5) is 0 Å². The third kappa shape index (κ3) is 4.22. The molecule has 1 unspecified atom stereocenters. The van der Waals surface area contributed by atoms with E-state index < -0.39 is 0 Å². The third-order valence-electron chi connectivity index (χ3n) is 3.92. The van der Waals surface area contributed by atoms with Crippen molar-refractivity contribution in [2.24, 2.45) is 0 Å². The van der Waals surface area contributed by atoms with E-state index in [1.54, 1.807) is 12.3 Å². The Bertz CT molecular complexity index is 695. The van der Waals surface area contributed by atoms with E-state index in [1.165, 1.54) is 0 Å². The highest BCUT2D eigenvalue weighted by Crippen LogP contribution is 2.17. The summed E-state index contributed by atoms with van der Waals surface area (Å²) in [6, 6.07) is 5.63. The topological polar surface area (TPSA) is 83.8 Å². The number of aromatic nitrogens is 2. The largest absolute Gasteiger partial charge is 0.467 e. The van der Waals surface area contributed by atoms with Gasteiger partial charge in [-0.15, -0.1) is 0 Å². The molecule has 0 fully saturated rings. The second kappa shape index (κ2) is 7.63. The second-order valence-corrected chi connectivity index (χ2v) is 5.59. The van der Waals surface area contributed by atoms with Crippen LogP contribution in [0.2, 0.25) is 0 Å². The number of nitrogens with one attached hydrogen (secondary N) is 1. The highest BCUT2D eigenvalue weighted by atomic mass is 16.3. The van der Waals surface area contributed by atoms with Gasteiger partial charge in [0.1, 0.15) is 5.76 Å². The molecule has 0 saturated heterocycles. The Balaban J connectivity index is 1.91. The lowest BCUT2D eigenvalue weighted by atomic mass is 10.1. The van der Waals surface area contributed by atoms with Gasteiger partial charge < -0.3 is 9.73 Å². The Kier molecular flexibility index (Phi) is 5.58. The number of aryl methyl sites for hydroxylation is 2. The van der Waals surface area contributed by atoms with E-state index in [0.29, 0.717) is 25.8 Å². The predicted octanol–water partition coefficient (Wildman–Crippen LogP) is 2.82. The summed E-state index contributed by atoms with van der Waals surface area (Å²) in [6.07, 6.45) is 3.07. The van der Waals surface area contributed by atoms with Crippen molar-refractivity contribution < 1.29 is 9.21 Å². The zero-order chi connectivity index (χ0) is 16.8. The van der Waals surface area contributed by atoms with Crippen molar-refractivity contribution in [3.63, 3.8) is 0 Å². The number of carbonyl (C=O) groups is 1. The summed E-state index contributed by atoms with van der Waals surface area (Å²) in [5.41, 5.74) is 3.04. The molecule has 0 bridgehead atoms. The Labute approximate surface area is 136 Å². The lowest BCUT2D eigenvalue weighted by Crippen LogP contribution is -2.26. The third-order valence-corrected chi connectivity index (χ3v) is 3.92. The number of nitriles is 1. The highest BCUT2D eigenvalue weighted by molar-refractivity contribution is 5.76. The Hall–Kier alpha value is -2.55. The van der Waals surface area contributed by atoms with E-state index in [4.69, 9.17) is 9.68 Å². The monoisotopic (exact) mass is 314 g/mol. The average molecular weight is 314 g/mol. The zero-order valence-electron chi connectivity index (χ0n) is 13.8. The molecule has 122 valence electrons. The van der Waals surface area contributed by atoms with Gasteiger partial charge in [-0.25, -0.2) is 0 Å². The molecule has 0 aliphatic rings. The molecule has 2 heterocycles.